The molecule has 1 amide bonds. The highest BCUT2D eigenvalue weighted by Crippen LogP contribution is 2.20. The van der Waals surface area contributed by atoms with E-state index in [-0.39, 0.29) is 12.5 Å². The Labute approximate surface area is 137 Å². The molecule has 0 bridgehead atoms. The average molecular weight is 327 g/mol. The molecule has 1 heterocycles. The molecule has 2 N–H and O–H groups in total. The van der Waals surface area contributed by atoms with Crippen LogP contribution in [-0.4, -0.2) is 26.5 Å². The van der Waals surface area contributed by atoms with Crippen molar-refractivity contribution in [2.75, 3.05) is 5.32 Å². The van der Waals surface area contributed by atoms with Gasteiger partial charge in [-0.1, -0.05) is 12.1 Å². The molecule has 0 spiro atoms. The maximum atomic E-state index is 12.3. The van der Waals surface area contributed by atoms with Crippen LogP contribution in [0, 0.1) is 0 Å². The average Bonchev–Trinajstić information content (AvgIpc) is 2.89. The van der Waals surface area contributed by atoms with Crippen LogP contribution in [0.5, 0.6) is 0 Å². The third-order valence-corrected chi connectivity index (χ3v) is 3.72. The molecule has 0 fully saturated rings. The van der Waals surface area contributed by atoms with Gasteiger partial charge in [-0.25, -0.2) is 4.98 Å². The van der Waals surface area contributed by atoms with E-state index in [4.69, 9.17) is 5.11 Å². The van der Waals surface area contributed by atoms with Crippen molar-refractivity contribution in [2.24, 2.45) is 0 Å². The van der Waals surface area contributed by atoms with E-state index in [9.17, 15) is 9.59 Å². The van der Waals surface area contributed by atoms with E-state index in [1.807, 2.05) is 0 Å². The molecule has 116 valence electrons. The molecule has 0 saturated carbocycles. The lowest BCUT2D eigenvalue weighted by Crippen LogP contribution is -2.12. The fourth-order valence-corrected chi connectivity index (χ4v) is 2.54. The second-order valence-electron chi connectivity index (χ2n) is 4.94. The zero-order chi connectivity index (χ0) is 16.4. The molecule has 3 rings (SSSR count). The van der Waals surface area contributed by atoms with Crippen LogP contribution in [-0.2, 0) is 11.3 Å². The van der Waals surface area contributed by atoms with Gasteiger partial charge in [0.05, 0.1) is 22.9 Å². The Balaban J connectivity index is 1.85. The summed E-state index contributed by atoms with van der Waals surface area (Å²) in [7, 11) is 0. The molecule has 0 unspecified atom stereocenters. The molecule has 6 nitrogen and oxygen atoms in total. The van der Waals surface area contributed by atoms with Crippen LogP contribution >= 0.6 is 12.6 Å². The van der Waals surface area contributed by atoms with Gasteiger partial charge in [-0.2, -0.15) is 0 Å². The monoisotopic (exact) mass is 327 g/mol. The van der Waals surface area contributed by atoms with Crippen molar-refractivity contribution in [2.45, 2.75) is 11.4 Å². The lowest BCUT2D eigenvalue weighted by atomic mass is 10.2. The number of nitrogens with zero attached hydrogens (tertiary/aromatic N) is 2. The Bertz CT molecular complexity index is 904. The zero-order valence-corrected chi connectivity index (χ0v) is 12.8. The molecule has 0 atom stereocenters. The number of carbonyl (C=O) groups is 2. The number of hydrogen-bond acceptors (Lipinski definition) is 4. The molecule has 0 radical (unpaired) electrons. The highest BCUT2D eigenvalue weighted by Gasteiger charge is 2.11. The molecule has 0 saturated heterocycles. The lowest BCUT2D eigenvalue weighted by molar-refractivity contribution is -0.137. The van der Waals surface area contributed by atoms with Gasteiger partial charge >= 0.3 is 5.97 Å². The first-order valence-corrected chi connectivity index (χ1v) is 7.25. The maximum Gasteiger partial charge on any atom is 0.323 e. The molecule has 2 aromatic carbocycles. The van der Waals surface area contributed by atoms with Gasteiger partial charge in [0.1, 0.15) is 6.54 Å². The zero-order valence-electron chi connectivity index (χ0n) is 11.9. The van der Waals surface area contributed by atoms with Crippen molar-refractivity contribution >= 4 is 41.2 Å². The van der Waals surface area contributed by atoms with Crippen LogP contribution in [0.3, 0.4) is 0 Å². The number of amides is 1. The lowest BCUT2D eigenvalue weighted by Gasteiger charge is -2.07. The van der Waals surface area contributed by atoms with Gasteiger partial charge in [0.15, 0.2) is 0 Å². The van der Waals surface area contributed by atoms with Gasteiger partial charge in [-0.3, -0.25) is 9.59 Å². The highest BCUT2D eigenvalue weighted by molar-refractivity contribution is 7.80. The molecular weight excluding hydrogens is 314 g/mol. The molecule has 7 heteroatoms. The van der Waals surface area contributed by atoms with E-state index in [0.29, 0.717) is 27.2 Å². The fourth-order valence-electron chi connectivity index (χ4n) is 2.28. The third-order valence-electron chi connectivity index (χ3n) is 3.33. The SMILES string of the molecule is O=C(O)Cn1cnc2cc(NC(=O)c3ccccc3S)ccc21. The van der Waals surface area contributed by atoms with Gasteiger partial charge < -0.3 is 15.0 Å². The summed E-state index contributed by atoms with van der Waals surface area (Å²) >= 11 is 4.27. The summed E-state index contributed by atoms with van der Waals surface area (Å²) in [6, 6.07) is 12.2. The number of carboxylic acids is 1. The minimum Gasteiger partial charge on any atom is -0.480 e. The smallest absolute Gasteiger partial charge is 0.323 e. The van der Waals surface area contributed by atoms with Crippen LogP contribution in [0.2, 0.25) is 0 Å². The van der Waals surface area contributed by atoms with Crippen molar-refractivity contribution in [3.05, 3.63) is 54.4 Å². The molecule has 1 aromatic heterocycles. The summed E-state index contributed by atoms with van der Waals surface area (Å²) in [5.74, 6) is -1.20. The summed E-state index contributed by atoms with van der Waals surface area (Å²) in [6.45, 7) is -0.158. The Kier molecular flexibility index (Phi) is 4.03. The standard InChI is InChI=1S/C16H13N3O3S/c20-15(21)8-19-9-17-12-7-10(5-6-13(12)19)18-16(22)11-3-1-2-4-14(11)23/h1-7,9,23H,8H2,(H,18,22)(H,20,21). The Morgan fingerprint density at radius 2 is 2.00 bits per heavy atom. The van der Waals surface area contributed by atoms with E-state index in [0.717, 1.165) is 0 Å². The first kappa shape index (κ1) is 15.1. The van der Waals surface area contributed by atoms with Crippen molar-refractivity contribution in [1.82, 2.24) is 9.55 Å². The van der Waals surface area contributed by atoms with Gasteiger partial charge in [0.25, 0.3) is 5.91 Å². The van der Waals surface area contributed by atoms with E-state index >= 15 is 0 Å². The van der Waals surface area contributed by atoms with Crippen LogP contribution in [0.4, 0.5) is 5.69 Å². The van der Waals surface area contributed by atoms with Gasteiger partial charge in [-0.15, -0.1) is 12.6 Å². The number of hydrogen-bond donors (Lipinski definition) is 3. The number of benzene rings is 2. The quantitative estimate of drug-likeness (QED) is 0.643. The van der Waals surface area contributed by atoms with Crippen LogP contribution in [0.25, 0.3) is 11.0 Å². The van der Waals surface area contributed by atoms with E-state index in [1.165, 1.54) is 10.9 Å². The number of carbonyl (C=O) groups excluding carboxylic acids is 1. The van der Waals surface area contributed by atoms with Crippen molar-refractivity contribution < 1.29 is 14.7 Å². The number of fused-ring (bicyclic) bond motifs is 1. The number of aliphatic carboxylic acids is 1. The Morgan fingerprint density at radius 3 is 2.74 bits per heavy atom. The highest BCUT2D eigenvalue weighted by atomic mass is 32.1. The predicted molar refractivity (Wildman–Crippen MR) is 89.0 cm³/mol. The number of rotatable bonds is 4. The van der Waals surface area contributed by atoms with Gasteiger partial charge in [0, 0.05) is 10.6 Å². The Hall–Kier alpha value is -2.80. The summed E-state index contributed by atoms with van der Waals surface area (Å²) in [4.78, 5) is 27.8. The molecule has 3 aromatic rings. The van der Waals surface area contributed by atoms with Crippen LogP contribution in [0.1, 0.15) is 10.4 Å². The molecule has 0 aliphatic rings. The molecule has 0 aliphatic heterocycles. The fraction of sp³-hybridized carbons (Fsp3) is 0.0625. The van der Waals surface area contributed by atoms with Crippen LogP contribution in [0.15, 0.2) is 53.7 Å². The summed E-state index contributed by atoms with van der Waals surface area (Å²) in [5, 5.41) is 11.6. The topological polar surface area (TPSA) is 84.2 Å². The molecule has 23 heavy (non-hydrogen) atoms. The summed E-state index contributed by atoms with van der Waals surface area (Å²) in [5.41, 5.74) is 2.37. The van der Waals surface area contributed by atoms with Gasteiger partial charge in [-0.05, 0) is 30.3 Å². The summed E-state index contributed by atoms with van der Waals surface area (Å²) in [6.07, 6.45) is 1.47. The number of anilines is 1. The summed E-state index contributed by atoms with van der Waals surface area (Å²) < 4.78 is 1.53. The van der Waals surface area contributed by atoms with Gasteiger partial charge in [0.2, 0.25) is 0 Å². The van der Waals surface area contributed by atoms with E-state index in [2.05, 4.69) is 22.9 Å². The number of aromatic nitrogens is 2. The minimum atomic E-state index is -0.938. The third kappa shape index (κ3) is 3.19. The van der Waals surface area contributed by atoms with Crippen molar-refractivity contribution in [3.8, 4) is 0 Å². The number of thiol groups is 1. The number of carboxylic acid groups (broad SMARTS) is 1. The largest absolute Gasteiger partial charge is 0.480 e. The molecule has 0 aliphatic carbocycles. The first-order chi connectivity index (χ1) is 11.0. The second-order valence-corrected chi connectivity index (χ2v) is 5.42. The first-order valence-electron chi connectivity index (χ1n) is 6.80. The molecular formula is C16H13N3O3S. The van der Waals surface area contributed by atoms with Crippen molar-refractivity contribution in [1.29, 1.82) is 0 Å². The second kappa shape index (κ2) is 6.13. The normalized spacial score (nSPS) is 10.7. The maximum absolute atomic E-state index is 12.3. The van der Waals surface area contributed by atoms with Crippen molar-refractivity contribution in [3.63, 3.8) is 0 Å². The van der Waals surface area contributed by atoms with E-state index in [1.54, 1.807) is 42.5 Å². The predicted octanol–water partition coefficient (Wildman–Crippen LogP) is 2.66. The van der Waals surface area contributed by atoms with E-state index < -0.39 is 5.97 Å². The number of imidazole rings is 1. The van der Waals surface area contributed by atoms with Crippen LogP contribution < -0.4 is 5.32 Å². The minimum absolute atomic E-state index is 0.158. The number of nitrogens with one attached hydrogen (secondary N) is 1. The Morgan fingerprint density at radius 1 is 1.22 bits per heavy atom.